The number of nitrogens with zero attached hydrogens (tertiary/aromatic N) is 1. The smallest absolute Gasteiger partial charge is 0.258 e. The van der Waals surface area contributed by atoms with E-state index in [-0.39, 0.29) is 11.4 Å². The molecule has 0 radical (unpaired) electrons. The number of carbonyl (C=O) groups excluding carboxylic acids is 1. The molecule has 0 spiro atoms. The highest BCUT2D eigenvalue weighted by molar-refractivity contribution is 7.19. The van der Waals surface area contributed by atoms with Crippen LogP contribution in [-0.4, -0.2) is 10.9 Å². The maximum Gasteiger partial charge on any atom is 0.258 e. The fourth-order valence-electron chi connectivity index (χ4n) is 3.72. The highest BCUT2D eigenvalue weighted by atomic mass is 32.1. The second kappa shape index (κ2) is 7.80. The molecule has 1 aliphatic rings. The molecule has 6 heteroatoms. The standard InChI is InChI=1S/C24H21N3OS2/c25-24(12-4-13-24)19-9-7-16(8-10-19)20-21(17-5-2-1-3-6-17)30-23(26-20)27-22(28)18-11-14-29-15-18/h1-3,5-11,14-15H,4,12-13,25H2,(H,26,27,28). The summed E-state index contributed by atoms with van der Waals surface area (Å²) in [6.07, 6.45) is 3.27. The van der Waals surface area contributed by atoms with Gasteiger partial charge in [-0.15, -0.1) is 0 Å². The van der Waals surface area contributed by atoms with Crippen molar-refractivity contribution in [1.82, 2.24) is 4.98 Å². The van der Waals surface area contributed by atoms with E-state index in [1.807, 2.05) is 35.0 Å². The summed E-state index contributed by atoms with van der Waals surface area (Å²) in [4.78, 5) is 18.3. The lowest BCUT2D eigenvalue weighted by Gasteiger charge is -2.38. The maximum atomic E-state index is 12.5. The van der Waals surface area contributed by atoms with Crippen LogP contribution in [-0.2, 0) is 5.54 Å². The first-order chi connectivity index (χ1) is 14.6. The van der Waals surface area contributed by atoms with Crippen molar-refractivity contribution in [3.63, 3.8) is 0 Å². The van der Waals surface area contributed by atoms with E-state index in [2.05, 4.69) is 41.7 Å². The van der Waals surface area contributed by atoms with Gasteiger partial charge in [0.1, 0.15) is 0 Å². The molecular formula is C24H21N3OS2. The van der Waals surface area contributed by atoms with Crippen LogP contribution in [0.1, 0.15) is 35.2 Å². The molecule has 0 bridgehead atoms. The monoisotopic (exact) mass is 431 g/mol. The number of rotatable bonds is 5. The third-order valence-electron chi connectivity index (χ3n) is 5.65. The molecule has 0 saturated heterocycles. The number of hydrogen-bond donors (Lipinski definition) is 2. The number of carbonyl (C=O) groups is 1. The van der Waals surface area contributed by atoms with E-state index in [0.717, 1.165) is 34.5 Å². The third kappa shape index (κ3) is 3.58. The van der Waals surface area contributed by atoms with Crippen molar-refractivity contribution < 1.29 is 4.79 Å². The van der Waals surface area contributed by atoms with Crippen LogP contribution >= 0.6 is 22.7 Å². The lowest BCUT2D eigenvalue weighted by molar-refractivity contribution is 0.102. The molecule has 0 aliphatic heterocycles. The maximum absolute atomic E-state index is 12.5. The normalized spacial score (nSPS) is 14.8. The van der Waals surface area contributed by atoms with E-state index in [1.54, 1.807) is 0 Å². The molecular weight excluding hydrogens is 410 g/mol. The van der Waals surface area contributed by atoms with Gasteiger partial charge in [-0.2, -0.15) is 11.3 Å². The summed E-state index contributed by atoms with van der Waals surface area (Å²) in [5, 5.41) is 7.28. The van der Waals surface area contributed by atoms with Gasteiger partial charge in [0.2, 0.25) is 0 Å². The summed E-state index contributed by atoms with van der Waals surface area (Å²) in [5.41, 5.74) is 11.1. The number of hydrogen-bond acceptors (Lipinski definition) is 5. The first-order valence-electron chi connectivity index (χ1n) is 9.92. The van der Waals surface area contributed by atoms with Crippen molar-refractivity contribution in [3.8, 4) is 21.7 Å². The van der Waals surface area contributed by atoms with Gasteiger partial charge < -0.3 is 5.73 Å². The van der Waals surface area contributed by atoms with Crippen molar-refractivity contribution >= 4 is 33.7 Å². The molecule has 0 unspecified atom stereocenters. The molecule has 2 aromatic carbocycles. The van der Waals surface area contributed by atoms with Crippen LogP contribution in [0.3, 0.4) is 0 Å². The Kier molecular flexibility index (Phi) is 4.98. The zero-order chi connectivity index (χ0) is 20.6. The Morgan fingerprint density at radius 3 is 2.40 bits per heavy atom. The Morgan fingerprint density at radius 2 is 1.77 bits per heavy atom. The number of nitrogens with two attached hydrogens (primary N) is 1. The number of anilines is 1. The molecule has 1 saturated carbocycles. The lowest BCUT2D eigenvalue weighted by atomic mass is 9.72. The molecule has 2 aromatic heterocycles. The average Bonchev–Trinajstić information content (AvgIpc) is 3.43. The topological polar surface area (TPSA) is 68.0 Å². The van der Waals surface area contributed by atoms with Crippen LogP contribution in [0.5, 0.6) is 0 Å². The zero-order valence-corrected chi connectivity index (χ0v) is 17.9. The number of amides is 1. The number of thiazole rings is 1. The van der Waals surface area contributed by atoms with Crippen molar-refractivity contribution in [1.29, 1.82) is 0 Å². The molecule has 1 aliphatic carbocycles. The number of nitrogens with one attached hydrogen (secondary N) is 1. The molecule has 30 heavy (non-hydrogen) atoms. The SMILES string of the molecule is NC1(c2ccc(-c3nc(NC(=O)c4ccsc4)sc3-c3ccccc3)cc2)CCC1. The Labute approximate surface area is 183 Å². The van der Waals surface area contributed by atoms with E-state index in [0.29, 0.717) is 10.7 Å². The lowest BCUT2D eigenvalue weighted by Crippen LogP contribution is -2.43. The van der Waals surface area contributed by atoms with Gasteiger partial charge in [-0.05, 0) is 41.8 Å². The summed E-state index contributed by atoms with van der Waals surface area (Å²) in [6.45, 7) is 0. The van der Waals surface area contributed by atoms with Gasteiger partial charge in [0.15, 0.2) is 5.13 Å². The summed E-state index contributed by atoms with van der Waals surface area (Å²) in [6, 6.07) is 20.4. The third-order valence-corrected chi connectivity index (χ3v) is 7.35. The minimum atomic E-state index is -0.178. The van der Waals surface area contributed by atoms with Crippen LogP contribution < -0.4 is 11.1 Å². The number of aromatic nitrogens is 1. The van der Waals surface area contributed by atoms with Gasteiger partial charge in [0, 0.05) is 16.5 Å². The fourth-order valence-corrected chi connectivity index (χ4v) is 5.35. The second-order valence-corrected chi connectivity index (χ2v) is 9.40. The number of benzene rings is 2. The molecule has 0 atom stereocenters. The average molecular weight is 432 g/mol. The van der Waals surface area contributed by atoms with Crippen LogP contribution in [0.2, 0.25) is 0 Å². The van der Waals surface area contributed by atoms with Crippen molar-refractivity contribution in [2.45, 2.75) is 24.8 Å². The molecule has 4 nitrogen and oxygen atoms in total. The second-order valence-electron chi connectivity index (χ2n) is 7.62. The summed E-state index contributed by atoms with van der Waals surface area (Å²) >= 11 is 3.00. The van der Waals surface area contributed by atoms with Gasteiger partial charge >= 0.3 is 0 Å². The zero-order valence-electron chi connectivity index (χ0n) is 16.3. The molecule has 1 amide bonds. The Morgan fingerprint density at radius 1 is 1.00 bits per heavy atom. The first-order valence-corrected chi connectivity index (χ1v) is 11.7. The van der Waals surface area contributed by atoms with E-state index < -0.39 is 0 Å². The summed E-state index contributed by atoms with van der Waals surface area (Å²) in [7, 11) is 0. The molecule has 1 fully saturated rings. The highest BCUT2D eigenvalue weighted by Gasteiger charge is 2.34. The van der Waals surface area contributed by atoms with Gasteiger partial charge in [0.25, 0.3) is 5.91 Å². The highest BCUT2D eigenvalue weighted by Crippen LogP contribution is 2.42. The first kappa shape index (κ1) is 19.2. The quantitative estimate of drug-likeness (QED) is 0.399. The molecule has 2 heterocycles. The van der Waals surface area contributed by atoms with Gasteiger partial charge in [-0.3, -0.25) is 10.1 Å². The summed E-state index contributed by atoms with van der Waals surface area (Å²) < 4.78 is 0. The Balaban J connectivity index is 1.51. The Hall–Kier alpha value is -2.80. The molecule has 3 N–H and O–H groups in total. The molecule has 4 aromatic rings. The minimum Gasteiger partial charge on any atom is -0.321 e. The Bertz CT molecular complexity index is 1160. The van der Waals surface area contributed by atoms with Crippen molar-refractivity contribution in [3.05, 3.63) is 82.6 Å². The predicted molar refractivity (Wildman–Crippen MR) is 125 cm³/mol. The van der Waals surface area contributed by atoms with Gasteiger partial charge in [-0.25, -0.2) is 4.98 Å². The van der Waals surface area contributed by atoms with Crippen molar-refractivity contribution in [2.24, 2.45) is 5.73 Å². The summed E-state index contributed by atoms with van der Waals surface area (Å²) in [5.74, 6) is -0.137. The van der Waals surface area contributed by atoms with Crippen LogP contribution in [0.25, 0.3) is 21.7 Å². The fraction of sp³-hybridized carbons (Fsp3) is 0.167. The van der Waals surface area contributed by atoms with Crippen LogP contribution in [0, 0.1) is 0 Å². The van der Waals surface area contributed by atoms with E-state index >= 15 is 0 Å². The van der Waals surface area contributed by atoms with Crippen LogP contribution in [0.4, 0.5) is 5.13 Å². The van der Waals surface area contributed by atoms with E-state index in [1.165, 1.54) is 34.7 Å². The van der Waals surface area contributed by atoms with Crippen molar-refractivity contribution in [2.75, 3.05) is 5.32 Å². The largest absolute Gasteiger partial charge is 0.321 e. The van der Waals surface area contributed by atoms with Crippen LogP contribution in [0.15, 0.2) is 71.4 Å². The minimum absolute atomic E-state index is 0.137. The molecule has 150 valence electrons. The van der Waals surface area contributed by atoms with E-state index in [9.17, 15) is 4.79 Å². The van der Waals surface area contributed by atoms with Gasteiger partial charge in [0.05, 0.1) is 16.1 Å². The van der Waals surface area contributed by atoms with Gasteiger partial charge in [-0.1, -0.05) is 65.9 Å². The molecule has 5 rings (SSSR count). The predicted octanol–water partition coefficient (Wildman–Crippen LogP) is 6.13. The number of thiophene rings is 1. The van der Waals surface area contributed by atoms with E-state index in [4.69, 9.17) is 10.7 Å².